The normalized spacial score (nSPS) is 13.7. The average molecular weight is 754 g/mol. The molecule has 4 aromatic carbocycles. The third kappa shape index (κ3) is 8.99. The van der Waals surface area contributed by atoms with Crippen LogP contribution < -0.4 is 14.4 Å². The first-order valence-electron chi connectivity index (χ1n) is 16.4. The minimum atomic E-state index is -4.60. The van der Waals surface area contributed by atoms with Crippen LogP contribution in [-0.4, -0.2) is 55.8 Å². The number of hydrogen-bond donors (Lipinski definition) is 1. The van der Waals surface area contributed by atoms with E-state index >= 15 is 0 Å². The second-order valence-electron chi connectivity index (χ2n) is 12.3. The van der Waals surface area contributed by atoms with Crippen molar-refractivity contribution in [1.82, 2.24) is 10.2 Å². The molecule has 0 radical (unpaired) electrons. The minimum Gasteiger partial charge on any atom is -0.497 e. The standard InChI is InChI=1S/C37H38Cl2N4O7S/c1-25-15-20-30(22-34(25)43(46)47)51(48,49)42(28-16-18-29(50-2)19-17-28)24-36(44)41(23-31-32(38)13-8-14-33(31)39)35(21-26-9-4-3-5-10-26)37(45)40-27-11-6-7-12-27/h3-5,8-10,13-20,22,27,35H,6-7,11-12,21,23-24H2,1-2H3,(H,40,45)/t35-/m1/s1. The van der Waals surface area contributed by atoms with Crippen LogP contribution in [0.1, 0.15) is 42.4 Å². The lowest BCUT2D eigenvalue weighted by molar-refractivity contribution is -0.385. The average Bonchev–Trinajstić information content (AvgIpc) is 3.63. The molecule has 11 nitrogen and oxygen atoms in total. The van der Waals surface area contributed by atoms with Crippen molar-refractivity contribution < 1.29 is 27.7 Å². The molecule has 0 aliphatic heterocycles. The molecule has 1 saturated carbocycles. The van der Waals surface area contributed by atoms with Crippen LogP contribution in [-0.2, 0) is 32.6 Å². The highest BCUT2D eigenvalue weighted by molar-refractivity contribution is 7.92. The highest BCUT2D eigenvalue weighted by Crippen LogP contribution is 2.31. The third-order valence-electron chi connectivity index (χ3n) is 8.97. The number of nitrogens with zero attached hydrogens (tertiary/aromatic N) is 3. The van der Waals surface area contributed by atoms with Crippen LogP contribution in [0.4, 0.5) is 11.4 Å². The number of carbonyl (C=O) groups excluding carboxylic acids is 2. The van der Waals surface area contributed by atoms with E-state index in [1.165, 1.54) is 55.3 Å². The monoisotopic (exact) mass is 752 g/mol. The summed E-state index contributed by atoms with van der Waals surface area (Å²) in [7, 11) is -3.14. The molecule has 4 aromatic rings. The van der Waals surface area contributed by atoms with Gasteiger partial charge in [-0.25, -0.2) is 8.42 Å². The highest BCUT2D eigenvalue weighted by atomic mass is 35.5. The Morgan fingerprint density at radius 2 is 1.61 bits per heavy atom. The number of ether oxygens (including phenoxy) is 1. The number of sulfonamides is 1. The zero-order chi connectivity index (χ0) is 36.7. The Morgan fingerprint density at radius 1 is 0.961 bits per heavy atom. The van der Waals surface area contributed by atoms with Crippen LogP contribution in [0.15, 0.2) is 95.9 Å². The molecule has 1 fully saturated rings. The molecule has 268 valence electrons. The first kappa shape index (κ1) is 37.6. The number of benzene rings is 4. The quantitative estimate of drug-likeness (QED) is 0.107. The number of nitro benzene ring substituents is 1. The summed E-state index contributed by atoms with van der Waals surface area (Å²) in [6, 6.07) is 22.5. The molecule has 0 spiro atoms. The zero-order valence-electron chi connectivity index (χ0n) is 28.1. The molecule has 0 aromatic heterocycles. The lowest BCUT2D eigenvalue weighted by Crippen LogP contribution is -2.54. The van der Waals surface area contributed by atoms with E-state index in [1.807, 2.05) is 30.3 Å². The van der Waals surface area contributed by atoms with E-state index in [4.69, 9.17) is 27.9 Å². The van der Waals surface area contributed by atoms with Gasteiger partial charge in [-0.15, -0.1) is 0 Å². The van der Waals surface area contributed by atoms with Gasteiger partial charge in [0.05, 0.1) is 22.6 Å². The zero-order valence-corrected chi connectivity index (χ0v) is 30.5. The predicted molar refractivity (Wildman–Crippen MR) is 197 cm³/mol. The molecule has 1 atom stereocenters. The van der Waals surface area contributed by atoms with Crippen molar-refractivity contribution in [1.29, 1.82) is 0 Å². The van der Waals surface area contributed by atoms with Crippen LogP contribution in [0.3, 0.4) is 0 Å². The maximum absolute atomic E-state index is 14.8. The lowest BCUT2D eigenvalue weighted by Gasteiger charge is -2.34. The van der Waals surface area contributed by atoms with Gasteiger partial charge in [0.1, 0.15) is 18.3 Å². The molecule has 0 saturated heterocycles. The number of hydrogen-bond acceptors (Lipinski definition) is 7. The molecule has 0 unspecified atom stereocenters. The first-order chi connectivity index (χ1) is 24.4. The third-order valence-corrected chi connectivity index (χ3v) is 11.4. The molecule has 0 heterocycles. The van der Waals surface area contributed by atoms with Crippen molar-refractivity contribution in [2.75, 3.05) is 18.0 Å². The van der Waals surface area contributed by atoms with Crippen LogP contribution in [0.25, 0.3) is 0 Å². The largest absolute Gasteiger partial charge is 0.497 e. The summed E-state index contributed by atoms with van der Waals surface area (Å²) in [6.45, 7) is 0.528. The molecular formula is C37H38Cl2N4O7S. The van der Waals surface area contributed by atoms with Crippen molar-refractivity contribution in [2.45, 2.75) is 62.6 Å². The number of nitrogens with one attached hydrogen (secondary N) is 1. The van der Waals surface area contributed by atoms with Crippen molar-refractivity contribution in [3.8, 4) is 5.75 Å². The number of aryl methyl sites for hydroxylation is 1. The van der Waals surface area contributed by atoms with Gasteiger partial charge < -0.3 is 15.0 Å². The van der Waals surface area contributed by atoms with Crippen LogP contribution in [0, 0.1) is 17.0 Å². The minimum absolute atomic E-state index is 0.0647. The maximum Gasteiger partial charge on any atom is 0.273 e. The van der Waals surface area contributed by atoms with Gasteiger partial charge >= 0.3 is 0 Å². The summed E-state index contributed by atoms with van der Waals surface area (Å²) in [5.41, 5.74) is 1.13. The number of carbonyl (C=O) groups is 2. The van der Waals surface area contributed by atoms with Crippen molar-refractivity contribution in [3.05, 3.63) is 128 Å². The van der Waals surface area contributed by atoms with Crippen LogP contribution >= 0.6 is 23.2 Å². The fraction of sp³-hybridized carbons (Fsp3) is 0.297. The lowest BCUT2D eigenvalue weighted by atomic mass is 10.0. The van der Waals surface area contributed by atoms with Crippen molar-refractivity contribution in [3.63, 3.8) is 0 Å². The molecule has 14 heteroatoms. The summed E-state index contributed by atoms with van der Waals surface area (Å²) in [4.78, 5) is 41.0. The number of methoxy groups -OCH3 is 1. The van der Waals surface area contributed by atoms with Crippen molar-refractivity contribution >= 4 is 56.4 Å². The molecule has 2 amide bonds. The molecule has 1 aliphatic rings. The van der Waals surface area contributed by atoms with Gasteiger partial charge in [-0.05, 0) is 67.8 Å². The van der Waals surface area contributed by atoms with E-state index in [0.29, 0.717) is 11.3 Å². The van der Waals surface area contributed by atoms with Gasteiger partial charge in [0.2, 0.25) is 11.8 Å². The van der Waals surface area contributed by atoms with Gasteiger partial charge in [0.25, 0.3) is 15.7 Å². The molecule has 0 bridgehead atoms. The van der Waals surface area contributed by atoms with Crippen LogP contribution in [0.2, 0.25) is 10.0 Å². The van der Waals surface area contributed by atoms with E-state index in [0.717, 1.165) is 41.6 Å². The van der Waals surface area contributed by atoms with Gasteiger partial charge in [-0.1, -0.05) is 78.5 Å². The topological polar surface area (TPSA) is 139 Å². The fourth-order valence-electron chi connectivity index (χ4n) is 6.13. The van der Waals surface area contributed by atoms with Gasteiger partial charge in [0, 0.05) is 46.2 Å². The Bertz CT molecular complexity index is 1970. The molecular weight excluding hydrogens is 715 g/mol. The smallest absolute Gasteiger partial charge is 0.273 e. The Labute approximate surface area is 307 Å². The number of anilines is 1. The molecule has 1 N–H and O–H groups in total. The SMILES string of the molecule is COc1ccc(N(CC(=O)N(Cc2c(Cl)cccc2Cl)[C@H](Cc2ccccc2)C(=O)NC2CCCC2)S(=O)(=O)c2ccc(C)c([N+](=O)[O-])c2)cc1. The summed E-state index contributed by atoms with van der Waals surface area (Å²) in [5, 5.41) is 15.4. The summed E-state index contributed by atoms with van der Waals surface area (Å²) in [6.07, 6.45) is 3.67. The van der Waals surface area contributed by atoms with Crippen LogP contribution in [0.5, 0.6) is 5.75 Å². The molecule has 51 heavy (non-hydrogen) atoms. The second-order valence-corrected chi connectivity index (χ2v) is 15.0. The van der Waals surface area contributed by atoms with Gasteiger partial charge in [-0.2, -0.15) is 0 Å². The maximum atomic E-state index is 14.8. The van der Waals surface area contributed by atoms with E-state index in [2.05, 4.69) is 5.32 Å². The van der Waals surface area contributed by atoms with E-state index in [9.17, 15) is 28.1 Å². The Morgan fingerprint density at radius 3 is 2.22 bits per heavy atom. The first-order valence-corrected chi connectivity index (χ1v) is 18.6. The van der Waals surface area contributed by atoms with E-state index in [1.54, 1.807) is 18.2 Å². The molecule has 1 aliphatic carbocycles. The van der Waals surface area contributed by atoms with Gasteiger partial charge in [0.15, 0.2) is 0 Å². The van der Waals surface area contributed by atoms with Crippen molar-refractivity contribution in [2.24, 2.45) is 0 Å². The molecule has 5 rings (SSSR count). The Hall–Kier alpha value is -4.65. The Balaban J connectivity index is 1.62. The highest BCUT2D eigenvalue weighted by Gasteiger charge is 2.36. The summed E-state index contributed by atoms with van der Waals surface area (Å²) < 4.78 is 34.9. The second kappa shape index (κ2) is 16.6. The van der Waals surface area contributed by atoms with Gasteiger partial charge in [-0.3, -0.25) is 24.0 Å². The summed E-state index contributed by atoms with van der Waals surface area (Å²) in [5.74, 6) is -0.681. The van der Waals surface area contributed by atoms with E-state index < -0.39 is 45.0 Å². The summed E-state index contributed by atoms with van der Waals surface area (Å²) >= 11 is 13.2. The number of rotatable bonds is 14. The fourth-order valence-corrected chi connectivity index (χ4v) is 8.08. The number of halogens is 2. The predicted octanol–water partition coefficient (Wildman–Crippen LogP) is 7.11. The Kier molecular flexibility index (Phi) is 12.2. The number of amides is 2. The number of nitro groups is 1. The van der Waals surface area contributed by atoms with E-state index in [-0.39, 0.29) is 45.2 Å².